The SMILES string of the molecule is O=C(NCCOCc1ccccc1)c1cc(NS(=O)(=O)c2ccccc2)ccc1Cl. The number of benzene rings is 3. The number of halogens is 1. The standard InChI is InChI=1S/C22H21ClN2O4S/c23-21-12-11-18(25-30(27,28)19-9-5-2-6-10-19)15-20(21)22(26)24-13-14-29-16-17-7-3-1-4-8-17/h1-12,15,25H,13-14,16H2,(H,24,26). The fraction of sp³-hybridized carbons (Fsp3) is 0.136. The summed E-state index contributed by atoms with van der Waals surface area (Å²) in [6.45, 7) is 1.08. The minimum Gasteiger partial charge on any atom is -0.375 e. The summed E-state index contributed by atoms with van der Waals surface area (Å²) in [4.78, 5) is 12.6. The van der Waals surface area contributed by atoms with Crippen molar-refractivity contribution in [1.82, 2.24) is 5.32 Å². The third-order valence-electron chi connectivity index (χ3n) is 4.16. The highest BCUT2D eigenvalue weighted by atomic mass is 35.5. The van der Waals surface area contributed by atoms with Crippen molar-refractivity contribution in [2.45, 2.75) is 11.5 Å². The summed E-state index contributed by atoms with van der Waals surface area (Å²) in [7, 11) is -3.76. The lowest BCUT2D eigenvalue weighted by atomic mass is 10.2. The molecule has 1 amide bonds. The lowest BCUT2D eigenvalue weighted by molar-refractivity contribution is 0.0901. The van der Waals surface area contributed by atoms with Gasteiger partial charge in [0.1, 0.15) is 0 Å². The molecule has 0 fully saturated rings. The fourth-order valence-electron chi connectivity index (χ4n) is 2.67. The molecule has 3 aromatic rings. The number of sulfonamides is 1. The molecule has 0 bridgehead atoms. The van der Waals surface area contributed by atoms with Gasteiger partial charge in [-0.1, -0.05) is 60.1 Å². The molecular weight excluding hydrogens is 424 g/mol. The van der Waals surface area contributed by atoms with Crippen LogP contribution in [-0.2, 0) is 21.4 Å². The molecule has 0 spiro atoms. The van der Waals surface area contributed by atoms with Gasteiger partial charge in [-0.3, -0.25) is 9.52 Å². The lowest BCUT2D eigenvalue weighted by Gasteiger charge is -2.11. The minimum absolute atomic E-state index is 0.126. The summed E-state index contributed by atoms with van der Waals surface area (Å²) in [5, 5.41) is 2.94. The van der Waals surface area contributed by atoms with Gasteiger partial charge in [0.2, 0.25) is 0 Å². The molecule has 3 rings (SSSR count). The first-order chi connectivity index (χ1) is 14.5. The number of anilines is 1. The Morgan fingerprint density at radius 3 is 2.30 bits per heavy atom. The number of amides is 1. The summed E-state index contributed by atoms with van der Waals surface area (Å²) >= 11 is 6.13. The molecule has 0 aliphatic rings. The third kappa shape index (κ3) is 6.06. The summed E-state index contributed by atoms with van der Waals surface area (Å²) in [6.07, 6.45) is 0. The number of hydrogen-bond acceptors (Lipinski definition) is 4. The average molecular weight is 445 g/mol. The summed E-state index contributed by atoms with van der Waals surface area (Å²) < 4.78 is 32.9. The van der Waals surface area contributed by atoms with E-state index in [0.717, 1.165) is 5.56 Å². The van der Waals surface area contributed by atoms with Crippen molar-refractivity contribution >= 4 is 33.2 Å². The van der Waals surface area contributed by atoms with E-state index in [1.54, 1.807) is 18.2 Å². The van der Waals surface area contributed by atoms with Crippen LogP contribution >= 0.6 is 11.6 Å². The fourth-order valence-corrected chi connectivity index (χ4v) is 3.95. The van der Waals surface area contributed by atoms with Crippen LogP contribution in [0.5, 0.6) is 0 Å². The zero-order valence-electron chi connectivity index (χ0n) is 16.0. The van der Waals surface area contributed by atoms with Gasteiger partial charge in [0.05, 0.1) is 28.7 Å². The molecule has 156 valence electrons. The van der Waals surface area contributed by atoms with E-state index in [9.17, 15) is 13.2 Å². The zero-order valence-corrected chi connectivity index (χ0v) is 17.6. The van der Waals surface area contributed by atoms with E-state index in [2.05, 4.69) is 10.0 Å². The van der Waals surface area contributed by atoms with E-state index in [-0.39, 0.29) is 21.2 Å². The van der Waals surface area contributed by atoms with Crippen LogP contribution in [0.15, 0.2) is 83.8 Å². The molecular formula is C22H21ClN2O4S. The van der Waals surface area contributed by atoms with Crippen LogP contribution in [0.25, 0.3) is 0 Å². The number of ether oxygens (including phenoxy) is 1. The first-order valence-corrected chi connectivity index (χ1v) is 11.1. The molecule has 0 radical (unpaired) electrons. The highest BCUT2D eigenvalue weighted by Gasteiger charge is 2.16. The van der Waals surface area contributed by atoms with Gasteiger partial charge in [-0.15, -0.1) is 0 Å². The molecule has 2 N–H and O–H groups in total. The Morgan fingerprint density at radius 1 is 0.933 bits per heavy atom. The van der Waals surface area contributed by atoms with E-state index in [4.69, 9.17) is 16.3 Å². The van der Waals surface area contributed by atoms with E-state index in [1.807, 2.05) is 30.3 Å². The average Bonchev–Trinajstić information content (AvgIpc) is 2.76. The summed E-state index contributed by atoms with van der Waals surface area (Å²) in [5.41, 5.74) is 1.46. The normalized spacial score (nSPS) is 11.1. The van der Waals surface area contributed by atoms with E-state index in [0.29, 0.717) is 19.8 Å². The molecule has 0 saturated heterocycles. The Labute approximate surface area is 180 Å². The van der Waals surface area contributed by atoms with E-state index in [1.165, 1.54) is 30.3 Å². The Balaban J connectivity index is 1.57. The molecule has 0 aliphatic heterocycles. The molecule has 3 aromatic carbocycles. The maximum Gasteiger partial charge on any atom is 0.261 e. The van der Waals surface area contributed by atoms with Crippen molar-refractivity contribution in [3.63, 3.8) is 0 Å². The van der Waals surface area contributed by atoms with Gasteiger partial charge in [-0.25, -0.2) is 8.42 Å². The van der Waals surface area contributed by atoms with Gasteiger partial charge >= 0.3 is 0 Å². The summed E-state index contributed by atoms with van der Waals surface area (Å²) in [5.74, 6) is -0.413. The minimum atomic E-state index is -3.76. The van der Waals surface area contributed by atoms with Crippen molar-refractivity contribution < 1.29 is 17.9 Å². The number of rotatable bonds is 9. The maximum atomic E-state index is 12.5. The number of carbonyl (C=O) groups excluding carboxylic acids is 1. The van der Waals surface area contributed by atoms with Crippen molar-refractivity contribution in [2.75, 3.05) is 17.9 Å². The Bertz CT molecular complexity index is 1090. The van der Waals surface area contributed by atoms with Crippen LogP contribution in [-0.4, -0.2) is 27.5 Å². The Hall–Kier alpha value is -2.87. The maximum absolute atomic E-state index is 12.5. The van der Waals surface area contributed by atoms with E-state index >= 15 is 0 Å². The monoisotopic (exact) mass is 444 g/mol. The first-order valence-electron chi connectivity index (χ1n) is 9.23. The third-order valence-corrected chi connectivity index (χ3v) is 5.89. The molecule has 0 atom stereocenters. The van der Waals surface area contributed by atoms with Crippen LogP contribution in [0.2, 0.25) is 5.02 Å². The molecule has 0 saturated carbocycles. The molecule has 6 nitrogen and oxygen atoms in total. The van der Waals surface area contributed by atoms with Crippen molar-refractivity contribution in [3.8, 4) is 0 Å². The molecule has 0 unspecified atom stereocenters. The van der Waals surface area contributed by atoms with Crippen molar-refractivity contribution in [3.05, 3.63) is 95.0 Å². The van der Waals surface area contributed by atoms with Gasteiger partial charge < -0.3 is 10.1 Å². The van der Waals surface area contributed by atoms with Crippen LogP contribution in [0.3, 0.4) is 0 Å². The molecule has 30 heavy (non-hydrogen) atoms. The zero-order chi connectivity index (χ0) is 21.4. The van der Waals surface area contributed by atoms with Crippen LogP contribution in [0.4, 0.5) is 5.69 Å². The molecule has 0 aliphatic carbocycles. The predicted octanol–water partition coefficient (Wildman–Crippen LogP) is 4.09. The van der Waals surface area contributed by atoms with Crippen molar-refractivity contribution in [2.24, 2.45) is 0 Å². The molecule has 8 heteroatoms. The number of hydrogen-bond donors (Lipinski definition) is 2. The predicted molar refractivity (Wildman–Crippen MR) is 117 cm³/mol. The Kier molecular flexibility index (Phi) is 7.46. The number of carbonyl (C=O) groups is 1. The van der Waals surface area contributed by atoms with E-state index < -0.39 is 15.9 Å². The topological polar surface area (TPSA) is 84.5 Å². The van der Waals surface area contributed by atoms with Gasteiger partial charge in [-0.2, -0.15) is 0 Å². The smallest absolute Gasteiger partial charge is 0.261 e. The second-order valence-corrected chi connectivity index (χ2v) is 8.50. The molecule has 0 heterocycles. The van der Waals surface area contributed by atoms with Gasteiger partial charge in [0, 0.05) is 12.2 Å². The highest BCUT2D eigenvalue weighted by molar-refractivity contribution is 7.92. The van der Waals surface area contributed by atoms with Gasteiger partial charge in [0.15, 0.2) is 0 Å². The van der Waals surface area contributed by atoms with Gasteiger partial charge in [0.25, 0.3) is 15.9 Å². The largest absolute Gasteiger partial charge is 0.375 e. The molecule has 0 aromatic heterocycles. The van der Waals surface area contributed by atoms with Crippen molar-refractivity contribution in [1.29, 1.82) is 0 Å². The Morgan fingerprint density at radius 2 is 1.60 bits per heavy atom. The first kappa shape index (κ1) is 21.8. The second-order valence-electron chi connectivity index (χ2n) is 6.41. The van der Waals surface area contributed by atoms with Crippen LogP contribution < -0.4 is 10.0 Å². The number of nitrogens with one attached hydrogen (secondary N) is 2. The van der Waals surface area contributed by atoms with Crippen LogP contribution in [0.1, 0.15) is 15.9 Å². The quantitative estimate of drug-likeness (QED) is 0.487. The summed E-state index contributed by atoms with van der Waals surface area (Å²) in [6, 6.07) is 22.1. The second kappa shape index (κ2) is 10.2. The van der Waals surface area contributed by atoms with Crippen LogP contribution in [0, 0.1) is 0 Å². The lowest BCUT2D eigenvalue weighted by Crippen LogP contribution is -2.27. The highest BCUT2D eigenvalue weighted by Crippen LogP contribution is 2.23. The van der Waals surface area contributed by atoms with Gasteiger partial charge in [-0.05, 0) is 35.9 Å².